The standard InChI is InChI=1S/C16H16F2N2O4S2/c1-23-14(22)9-25-7-6-13(21)20-16-19-11(8-26-16)10-4-2-3-5-12(10)24-15(17)18/h2-5,8,15H,6-7,9H2,1H3,(H,19,20,21). The molecule has 2 aromatic rings. The SMILES string of the molecule is COC(=O)CSCCC(=O)Nc1nc(-c2ccccc2OC(F)F)cs1. The molecule has 1 aromatic carbocycles. The lowest BCUT2D eigenvalue weighted by molar-refractivity contribution is -0.137. The molecule has 6 nitrogen and oxygen atoms in total. The van der Waals surface area contributed by atoms with Gasteiger partial charge in [0, 0.05) is 23.1 Å². The van der Waals surface area contributed by atoms with E-state index in [1.807, 2.05) is 0 Å². The first-order valence-electron chi connectivity index (χ1n) is 7.43. The number of hydrogen-bond acceptors (Lipinski definition) is 7. The van der Waals surface area contributed by atoms with Crippen LogP contribution in [-0.4, -0.2) is 42.1 Å². The Morgan fingerprint density at radius 3 is 2.85 bits per heavy atom. The van der Waals surface area contributed by atoms with Gasteiger partial charge in [-0.3, -0.25) is 9.59 Å². The third kappa shape index (κ3) is 6.26. The summed E-state index contributed by atoms with van der Waals surface area (Å²) in [6.45, 7) is -2.93. The van der Waals surface area contributed by atoms with E-state index >= 15 is 0 Å². The molecule has 0 bridgehead atoms. The average Bonchev–Trinajstić information content (AvgIpc) is 3.06. The number of methoxy groups -OCH3 is 1. The Hall–Kier alpha value is -2.20. The minimum atomic E-state index is -2.93. The molecule has 0 atom stereocenters. The molecule has 0 aliphatic carbocycles. The number of para-hydroxylation sites is 1. The molecule has 1 aromatic heterocycles. The summed E-state index contributed by atoms with van der Waals surface area (Å²) in [5, 5.41) is 4.65. The zero-order valence-corrected chi connectivity index (χ0v) is 15.4. The van der Waals surface area contributed by atoms with Crippen molar-refractivity contribution in [1.29, 1.82) is 0 Å². The number of carbonyl (C=O) groups is 2. The zero-order chi connectivity index (χ0) is 18.9. The van der Waals surface area contributed by atoms with Crippen LogP contribution in [0.4, 0.5) is 13.9 Å². The molecule has 26 heavy (non-hydrogen) atoms. The van der Waals surface area contributed by atoms with Gasteiger partial charge in [0.05, 0.1) is 18.6 Å². The highest BCUT2D eigenvalue weighted by Crippen LogP contribution is 2.33. The number of thiazole rings is 1. The maximum absolute atomic E-state index is 12.5. The van der Waals surface area contributed by atoms with E-state index in [1.165, 1.54) is 36.3 Å². The van der Waals surface area contributed by atoms with Crippen LogP contribution in [0.25, 0.3) is 11.3 Å². The van der Waals surface area contributed by atoms with E-state index in [0.717, 1.165) is 0 Å². The van der Waals surface area contributed by atoms with Gasteiger partial charge in [0.1, 0.15) is 5.75 Å². The van der Waals surface area contributed by atoms with Crippen molar-refractivity contribution >= 4 is 40.1 Å². The van der Waals surface area contributed by atoms with E-state index in [-0.39, 0.29) is 29.8 Å². The number of hydrogen-bond donors (Lipinski definition) is 1. The van der Waals surface area contributed by atoms with Gasteiger partial charge in [-0.05, 0) is 12.1 Å². The molecule has 1 amide bonds. The van der Waals surface area contributed by atoms with Crippen molar-refractivity contribution in [2.75, 3.05) is 23.9 Å². The average molecular weight is 402 g/mol. The van der Waals surface area contributed by atoms with E-state index < -0.39 is 6.61 Å². The van der Waals surface area contributed by atoms with E-state index in [4.69, 9.17) is 0 Å². The number of anilines is 1. The second-order valence-corrected chi connectivity index (χ2v) is 6.80. The maximum Gasteiger partial charge on any atom is 0.387 e. The van der Waals surface area contributed by atoms with Crippen LogP contribution in [-0.2, 0) is 14.3 Å². The fourth-order valence-electron chi connectivity index (χ4n) is 1.89. The van der Waals surface area contributed by atoms with E-state index in [9.17, 15) is 18.4 Å². The zero-order valence-electron chi connectivity index (χ0n) is 13.7. The van der Waals surface area contributed by atoms with Crippen LogP contribution in [0.3, 0.4) is 0 Å². The number of aromatic nitrogens is 1. The van der Waals surface area contributed by atoms with Crippen molar-refractivity contribution in [3.8, 4) is 17.0 Å². The van der Waals surface area contributed by atoms with Crippen molar-refractivity contribution in [1.82, 2.24) is 4.98 Å². The molecule has 0 saturated carbocycles. The lowest BCUT2D eigenvalue weighted by Crippen LogP contribution is -2.13. The Balaban J connectivity index is 1.92. The molecular weight excluding hydrogens is 386 g/mol. The van der Waals surface area contributed by atoms with Gasteiger partial charge >= 0.3 is 12.6 Å². The van der Waals surface area contributed by atoms with Crippen LogP contribution < -0.4 is 10.1 Å². The van der Waals surface area contributed by atoms with Crippen molar-refractivity contribution in [3.63, 3.8) is 0 Å². The molecule has 0 spiro atoms. The lowest BCUT2D eigenvalue weighted by atomic mass is 10.1. The summed E-state index contributed by atoms with van der Waals surface area (Å²) < 4.78 is 34.0. The first-order valence-corrected chi connectivity index (χ1v) is 9.47. The quantitative estimate of drug-likeness (QED) is 0.510. The van der Waals surface area contributed by atoms with Crippen LogP contribution in [0, 0.1) is 0 Å². The number of rotatable bonds is 9. The molecule has 2 rings (SSSR count). The van der Waals surface area contributed by atoms with Crippen molar-refractivity contribution in [2.24, 2.45) is 0 Å². The molecule has 0 radical (unpaired) electrons. The second kappa shape index (κ2) is 10.1. The number of ether oxygens (including phenoxy) is 2. The predicted molar refractivity (Wildman–Crippen MR) is 96.8 cm³/mol. The Kier molecular flexibility index (Phi) is 7.79. The van der Waals surface area contributed by atoms with Crippen molar-refractivity contribution in [3.05, 3.63) is 29.6 Å². The highest BCUT2D eigenvalue weighted by Gasteiger charge is 2.14. The molecule has 0 saturated heterocycles. The molecule has 140 valence electrons. The fraction of sp³-hybridized carbons (Fsp3) is 0.312. The van der Waals surface area contributed by atoms with Crippen LogP contribution in [0.5, 0.6) is 5.75 Å². The number of thioether (sulfide) groups is 1. The van der Waals surface area contributed by atoms with Gasteiger partial charge in [-0.25, -0.2) is 4.98 Å². The van der Waals surface area contributed by atoms with Gasteiger partial charge in [-0.15, -0.1) is 23.1 Å². The molecular formula is C16H16F2N2O4S2. The van der Waals surface area contributed by atoms with E-state index in [2.05, 4.69) is 19.8 Å². The molecule has 0 aliphatic rings. The predicted octanol–water partition coefficient (Wildman–Crippen LogP) is 3.65. The molecule has 1 N–H and O–H groups in total. The topological polar surface area (TPSA) is 77.5 Å². The number of nitrogens with zero attached hydrogens (tertiary/aromatic N) is 1. The lowest BCUT2D eigenvalue weighted by Gasteiger charge is -2.08. The maximum atomic E-state index is 12.5. The molecule has 0 unspecified atom stereocenters. The summed E-state index contributed by atoms with van der Waals surface area (Å²) in [7, 11) is 1.31. The highest BCUT2D eigenvalue weighted by atomic mass is 32.2. The third-order valence-corrected chi connectivity index (χ3v) is 4.74. The summed E-state index contributed by atoms with van der Waals surface area (Å²) >= 11 is 2.48. The number of benzene rings is 1. The normalized spacial score (nSPS) is 10.6. The molecule has 1 heterocycles. The van der Waals surface area contributed by atoms with Crippen LogP contribution in [0.1, 0.15) is 6.42 Å². The Labute approximate surface area is 156 Å². The first kappa shape index (κ1) is 20.1. The van der Waals surface area contributed by atoms with E-state index in [1.54, 1.807) is 23.6 Å². The minimum Gasteiger partial charge on any atom is -0.468 e. The molecule has 10 heteroatoms. The number of esters is 1. The fourth-order valence-corrected chi connectivity index (χ4v) is 3.38. The Morgan fingerprint density at radius 2 is 2.12 bits per heavy atom. The van der Waals surface area contributed by atoms with Gasteiger partial charge in [0.25, 0.3) is 0 Å². The van der Waals surface area contributed by atoms with Gasteiger partial charge in [-0.2, -0.15) is 8.78 Å². The number of carbonyl (C=O) groups excluding carboxylic acids is 2. The highest BCUT2D eigenvalue weighted by molar-refractivity contribution is 7.99. The largest absolute Gasteiger partial charge is 0.468 e. The Morgan fingerprint density at radius 1 is 1.35 bits per heavy atom. The van der Waals surface area contributed by atoms with Crippen molar-refractivity contribution < 1.29 is 27.8 Å². The molecule has 0 fully saturated rings. The summed E-state index contributed by atoms with van der Waals surface area (Å²) in [4.78, 5) is 27.1. The van der Waals surface area contributed by atoms with Crippen LogP contribution in [0.2, 0.25) is 0 Å². The van der Waals surface area contributed by atoms with Gasteiger partial charge in [0.2, 0.25) is 5.91 Å². The van der Waals surface area contributed by atoms with Gasteiger partial charge in [0.15, 0.2) is 5.13 Å². The van der Waals surface area contributed by atoms with Crippen LogP contribution in [0.15, 0.2) is 29.6 Å². The van der Waals surface area contributed by atoms with Gasteiger partial charge in [-0.1, -0.05) is 12.1 Å². The Bertz CT molecular complexity index is 755. The molecule has 0 aliphatic heterocycles. The summed E-state index contributed by atoms with van der Waals surface area (Å²) in [5.41, 5.74) is 0.847. The van der Waals surface area contributed by atoms with E-state index in [0.29, 0.717) is 22.1 Å². The summed E-state index contributed by atoms with van der Waals surface area (Å²) in [5.74, 6) is 0.0750. The minimum absolute atomic E-state index is 0.0184. The van der Waals surface area contributed by atoms with Crippen LogP contribution >= 0.6 is 23.1 Å². The second-order valence-electron chi connectivity index (χ2n) is 4.84. The third-order valence-electron chi connectivity index (χ3n) is 3.05. The smallest absolute Gasteiger partial charge is 0.387 e. The number of amides is 1. The monoisotopic (exact) mass is 402 g/mol. The number of nitrogens with one attached hydrogen (secondary N) is 1. The van der Waals surface area contributed by atoms with Gasteiger partial charge < -0.3 is 14.8 Å². The summed E-state index contributed by atoms with van der Waals surface area (Å²) in [6, 6.07) is 6.31. The first-order chi connectivity index (χ1) is 12.5. The summed E-state index contributed by atoms with van der Waals surface area (Å²) in [6.07, 6.45) is 0.210. The van der Waals surface area contributed by atoms with Crippen molar-refractivity contribution in [2.45, 2.75) is 13.0 Å². The number of alkyl halides is 2. The number of halogens is 2.